The number of hydrogen-bond acceptors (Lipinski definition) is 5. The molecular formula is C13H15N5O3S. The molecule has 116 valence electrons. The average molecular weight is 321 g/mol. The lowest BCUT2D eigenvalue weighted by Gasteiger charge is -2.12. The Morgan fingerprint density at radius 2 is 1.68 bits per heavy atom. The lowest BCUT2D eigenvalue weighted by Crippen LogP contribution is -2.27. The van der Waals surface area contributed by atoms with E-state index in [0.717, 1.165) is 0 Å². The van der Waals surface area contributed by atoms with E-state index in [1.807, 2.05) is 0 Å². The van der Waals surface area contributed by atoms with Gasteiger partial charge < -0.3 is 10.2 Å². The van der Waals surface area contributed by atoms with Gasteiger partial charge in [0.25, 0.3) is 10.0 Å². The fourth-order valence-corrected chi connectivity index (χ4v) is 2.44. The molecule has 0 radical (unpaired) electrons. The summed E-state index contributed by atoms with van der Waals surface area (Å²) in [5.74, 6) is -0.00696. The zero-order valence-corrected chi connectivity index (χ0v) is 12.8. The first-order valence-electron chi connectivity index (χ1n) is 6.27. The fourth-order valence-electron chi connectivity index (χ4n) is 1.48. The minimum absolute atomic E-state index is 0.00696. The number of aromatic nitrogens is 2. The monoisotopic (exact) mass is 321 g/mol. The van der Waals surface area contributed by atoms with Gasteiger partial charge in [0.2, 0.25) is 5.95 Å². The normalized spacial score (nSPS) is 10.8. The molecule has 0 saturated heterocycles. The summed E-state index contributed by atoms with van der Waals surface area (Å²) in [6, 6.07) is 7.06. The molecule has 0 fully saturated rings. The quantitative estimate of drug-likeness (QED) is 0.885. The van der Waals surface area contributed by atoms with Gasteiger partial charge in [0.1, 0.15) is 0 Å². The molecule has 0 unspecified atom stereocenters. The maximum absolute atomic E-state index is 12.2. The Bertz CT molecular complexity index is 745. The number of sulfonamides is 1. The molecule has 0 atom stereocenters. The van der Waals surface area contributed by atoms with Crippen molar-refractivity contribution in [2.75, 3.05) is 24.1 Å². The molecule has 9 heteroatoms. The van der Waals surface area contributed by atoms with Crippen molar-refractivity contribution < 1.29 is 13.2 Å². The molecule has 0 saturated carbocycles. The van der Waals surface area contributed by atoms with Crippen LogP contribution in [0.3, 0.4) is 0 Å². The smallest absolute Gasteiger partial charge is 0.321 e. The maximum atomic E-state index is 12.2. The predicted octanol–water partition coefficient (Wildman–Crippen LogP) is 1.37. The van der Waals surface area contributed by atoms with Crippen LogP contribution in [0.1, 0.15) is 0 Å². The lowest BCUT2D eigenvalue weighted by molar-refractivity contribution is 0.230. The first-order valence-corrected chi connectivity index (χ1v) is 7.75. The molecule has 0 spiro atoms. The third-order valence-corrected chi connectivity index (χ3v) is 3.96. The fraction of sp³-hybridized carbons (Fsp3) is 0.154. The number of carbonyl (C=O) groups excluding carboxylic acids is 1. The highest BCUT2D eigenvalue weighted by atomic mass is 32.2. The van der Waals surface area contributed by atoms with Crippen LogP contribution in [0.5, 0.6) is 0 Å². The molecule has 0 aliphatic heterocycles. The number of nitrogens with one attached hydrogen (secondary N) is 2. The van der Waals surface area contributed by atoms with E-state index in [0.29, 0.717) is 5.69 Å². The van der Waals surface area contributed by atoms with Gasteiger partial charge in [-0.15, -0.1) is 0 Å². The number of anilines is 2. The van der Waals surface area contributed by atoms with Crippen molar-refractivity contribution in [3.05, 3.63) is 42.7 Å². The largest absolute Gasteiger partial charge is 0.331 e. The third-order valence-electron chi connectivity index (χ3n) is 2.61. The van der Waals surface area contributed by atoms with Gasteiger partial charge in [-0.3, -0.25) is 0 Å². The van der Waals surface area contributed by atoms with Gasteiger partial charge in [0.15, 0.2) is 0 Å². The van der Waals surface area contributed by atoms with E-state index in [-0.39, 0.29) is 16.9 Å². The van der Waals surface area contributed by atoms with Crippen LogP contribution in [0.4, 0.5) is 16.4 Å². The Kier molecular flexibility index (Phi) is 4.56. The van der Waals surface area contributed by atoms with Gasteiger partial charge >= 0.3 is 6.03 Å². The topological polar surface area (TPSA) is 104 Å². The van der Waals surface area contributed by atoms with Crippen LogP contribution in [0.2, 0.25) is 0 Å². The Morgan fingerprint density at radius 3 is 2.23 bits per heavy atom. The Balaban J connectivity index is 2.14. The second kappa shape index (κ2) is 6.39. The third kappa shape index (κ3) is 3.92. The second-order valence-electron chi connectivity index (χ2n) is 4.53. The number of nitrogens with zero attached hydrogens (tertiary/aromatic N) is 3. The standard InChI is InChI=1S/C13H15N5O3S/c1-18(2)13(19)16-10-4-6-11(7-5-10)22(20,21)17-12-14-8-3-9-15-12/h3-9H,1-2H3,(H,16,19)(H,14,15,17). The molecule has 8 nitrogen and oxygen atoms in total. The van der Waals surface area contributed by atoms with Crippen molar-refractivity contribution in [1.29, 1.82) is 0 Å². The molecule has 2 amide bonds. The highest BCUT2D eigenvalue weighted by Crippen LogP contribution is 2.16. The van der Waals surface area contributed by atoms with Crippen LogP contribution in [0.15, 0.2) is 47.6 Å². The Hall–Kier alpha value is -2.68. The molecule has 1 heterocycles. The summed E-state index contributed by atoms with van der Waals surface area (Å²) in [6.07, 6.45) is 2.87. The molecule has 0 aliphatic rings. The minimum atomic E-state index is -3.77. The summed E-state index contributed by atoms with van der Waals surface area (Å²) in [4.78, 5) is 20.5. The van der Waals surface area contributed by atoms with E-state index in [4.69, 9.17) is 0 Å². The number of rotatable bonds is 4. The summed E-state index contributed by atoms with van der Waals surface area (Å²) < 4.78 is 26.6. The van der Waals surface area contributed by atoms with Crippen LogP contribution in [0.25, 0.3) is 0 Å². The minimum Gasteiger partial charge on any atom is -0.331 e. The highest BCUT2D eigenvalue weighted by molar-refractivity contribution is 7.92. The Morgan fingerprint density at radius 1 is 1.09 bits per heavy atom. The van der Waals surface area contributed by atoms with Crippen LogP contribution in [-0.2, 0) is 10.0 Å². The first-order chi connectivity index (χ1) is 10.4. The van der Waals surface area contributed by atoms with Gasteiger partial charge in [-0.25, -0.2) is 27.9 Å². The predicted molar refractivity (Wildman–Crippen MR) is 82.0 cm³/mol. The summed E-state index contributed by atoms with van der Waals surface area (Å²) in [5, 5.41) is 2.62. The van der Waals surface area contributed by atoms with Crippen LogP contribution in [-0.4, -0.2) is 43.4 Å². The molecular weight excluding hydrogens is 306 g/mol. The van der Waals surface area contributed by atoms with Crippen LogP contribution in [0, 0.1) is 0 Å². The summed E-state index contributed by atoms with van der Waals surface area (Å²) >= 11 is 0. The number of urea groups is 1. The molecule has 1 aromatic heterocycles. The second-order valence-corrected chi connectivity index (χ2v) is 6.21. The summed E-state index contributed by atoms with van der Waals surface area (Å²) in [6.45, 7) is 0. The highest BCUT2D eigenvalue weighted by Gasteiger charge is 2.15. The van der Waals surface area contributed by atoms with Crippen molar-refractivity contribution in [3.8, 4) is 0 Å². The van der Waals surface area contributed by atoms with Gasteiger partial charge in [-0.1, -0.05) is 0 Å². The van der Waals surface area contributed by atoms with Gasteiger partial charge in [-0.05, 0) is 30.3 Å². The zero-order chi connectivity index (χ0) is 16.2. The average Bonchev–Trinajstić information content (AvgIpc) is 2.48. The van der Waals surface area contributed by atoms with E-state index in [1.165, 1.54) is 41.6 Å². The van der Waals surface area contributed by atoms with Crippen molar-refractivity contribution in [1.82, 2.24) is 14.9 Å². The summed E-state index contributed by atoms with van der Waals surface area (Å²) in [7, 11) is -0.555. The number of hydrogen-bond donors (Lipinski definition) is 2. The van der Waals surface area contributed by atoms with E-state index in [2.05, 4.69) is 20.0 Å². The van der Waals surface area contributed by atoms with Crippen LogP contribution >= 0.6 is 0 Å². The van der Waals surface area contributed by atoms with E-state index in [9.17, 15) is 13.2 Å². The molecule has 2 N–H and O–H groups in total. The van der Waals surface area contributed by atoms with Gasteiger partial charge in [0.05, 0.1) is 4.90 Å². The van der Waals surface area contributed by atoms with E-state index >= 15 is 0 Å². The molecule has 0 aliphatic carbocycles. The Labute approximate surface area is 128 Å². The SMILES string of the molecule is CN(C)C(=O)Nc1ccc(S(=O)(=O)Nc2ncccn2)cc1. The number of benzene rings is 1. The number of carbonyl (C=O) groups is 1. The van der Waals surface area contributed by atoms with E-state index < -0.39 is 10.0 Å². The molecule has 0 bridgehead atoms. The maximum Gasteiger partial charge on any atom is 0.321 e. The molecule has 2 aromatic rings. The van der Waals surface area contributed by atoms with Gasteiger partial charge in [0, 0.05) is 32.2 Å². The van der Waals surface area contributed by atoms with Crippen molar-refractivity contribution in [3.63, 3.8) is 0 Å². The van der Waals surface area contributed by atoms with Crippen molar-refractivity contribution in [2.24, 2.45) is 0 Å². The van der Waals surface area contributed by atoms with Crippen molar-refractivity contribution >= 4 is 27.7 Å². The zero-order valence-electron chi connectivity index (χ0n) is 12.0. The van der Waals surface area contributed by atoms with E-state index in [1.54, 1.807) is 20.2 Å². The number of amides is 2. The molecule has 22 heavy (non-hydrogen) atoms. The van der Waals surface area contributed by atoms with Gasteiger partial charge in [-0.2, -0.15) is 0 Å². The lowest BCUT2D eigenvalue weighted by atomic mass is 10.3. The molecule has 2 rings (SSSR count). The summed E-state index contributed by atoms with van der Waals surface area (Å²) in [5.41, 5.74) is 0.494. The van der Waals surface area contributed by atoms with Crippen molar-refractivity contribution in [2.45, 2.75) is 4.90 Å². The first kappa shape index (κ1) is 15.7. The van der Waals surface area contributed by atoms with Crippen LogP contribution < -0.4 is 10.0 Å². The molecule has 1 aromatic carbocycles.